The predicted octanol–water partition coefficient (Wildman–Crippen LogP) is 2.74. The Hall–Kier alpha value is -1.01. The van der Waals surface area contributed by atoms with Crippen LogP contribution in [0.4, 0.5) is 0 Å². The quantitative estimate of drug-likeness (QED) is 0.823. The van der Waals surface area contributed by atoms with Crippen LogP contribution in [-0.4, -0.2) is 36.3 Å². The predicted molar refractivity (Wildman–Crippen MR) is 83.4 cm³/mol. The van der Waals surface area contributed by atoms with Crippen molar-refractivity contribution in [3.8, 4) is 0 Å². The van der Waals surface area contributed by atoms with Crippen LogP contribution < -0.4 is 0 Å². The minimum absolute atomic E-state index is 0.565. The Morgan fingerprint density at radius 1 is 1.35 bits per heavy atom. The highest BCUT2D eigenvalue weighted by molar-refractivity contribution is 7.99. The number of halogens is 1. The van der Waals surface area contributed by atoms with Gasteiger partial charge in [0, 0.05) is 17.9 Å². The summed E-state index contributed by atoms with van der Waals surface area (Å²) >= 11 is 7.98. The van der Waals surface area contributed by atoms with E-state index in [1.807, 2.05) is 41.2 Å². The fourth-order valence-corrected chi connectivity index (χ4v) is 2.48. The maximum absolute atomic E-state index is 6.14. The van der Waals surface area contributed by atoms with Gasteiger partial charge in [0.25, 0.3) is 0 Å². The molecule has 0 aromatic carbocycles. The topological polar surface area (TPSA) is 48.5 Å². The molecular formula is C13H20ClN5S. The maximum atomic E-state index is 6.14. The van der Waals surface area contributed by atoms with Gasteiger partial charge in [0.15, 0.2) is 0 Å². The van der Waals surface area contributed by atoms with Crippen LogP contribution in [-0.2, 0) is 19.5 Å². The summed E-state index contributed by atoms with van der Waals surface area (Å²) in [6.07, 6.45) is 5.08. The van der Waals surface area contributed by atoms with Crippen LogP contribution in [0.5, 0.6) is 0 Å². The smallest absolute Gasteiger partial charge is 0.0844 e. The maximum Gasteiger partial charge on any atom is 0.0844 e. The molecule has 1 atom stereocenters. The van der Waals surface area contributed by atoms with Crippen molar-refractivity contribution in [1.29, 1.82) is 0 Å². The van der Waals surface area contributed by atoms with Gasteiger partial charge in [-0.05, 0) is 20.1 Å². The molecule has 0 radical (unpaired) electrons. The highest BCUT2D eigenvalue weighted by Crippen LogP contribution is 2.18. The van der Waals surface area contributed by atoms with E-state index in [2.05, 4.69) is 28.6 Å². The lowest BCUT2D eigenvalue weighted by Gasteiger charge is -2.04. The van der Waals surface area contributed by atoms with E-state index < -0.39 is 0 Å². The average molecular weight is 314 g/mol. The van der Waals surface area contributed by atoms with Crippen molar-refractivity contribution in [2.75, 3.05) is 6.26 Å². The first-order valence-corrected chi connectivity index (χ1v) is 8.29. The van der Waals surface area contributed by atoms with E-state index in [1.165, 1.54) is 0 Å². The number of aromatic nitrogens is 5. The van der Waals surface area contributed by atoms with Gasteiger partial charge in [0.2, 0.25) is 0 Å². The summed E-state index contributed by atoms with van der Waals surface area (Å²) < 4.78 is 3.79. The molecule has 2 rings (SSSR count). The number of hydrogen-bond donors (Lipinski definition) is 0. The lowest BCUT2D eigenvalue weighted by Crippen LogP contribution is -2.10. The third-order valence-electron chi connectivity index (χ3n) is 3.32. The minimum atomic E-state index is 0.565. The van der Waals surface area contributed by atoms with E-state index in [0.29, 0.717) is 5.25 Å². The van der Waals surface area contributed by atoms with Crippen LogP contribution >= 0.6 is 23.4 Å². The SMILES string of the molecule is CS[C@@H](C)Cc1cn(CCn2nc(C)c(Cl)c2C)nn1. The van der Waals surface area contributed by atoms with Crippen LogP contribution in [0.25, 0.3) is 0 Å². The summed E-state index contributed by atoms with van der Waals surface area (Å²) in [6, 6.07) is 0. The molecule has 0 aliphatic heterocycles. The van der Waals surface area contributed by atoms with Crippen LogP contribution in [0.15, 0.2) is 6.20 Å². The van der Waals surface area contributed by atoms with Gasteiger partial charge in [-0.3, -0.25) is 9.36 Å². The molecule has 0 amide bonds. The van der Waals surface area contributed by atoms with Gasteiger partial charge in [-0.1, -0.05) is 23.7 Å². The van der Waals surface area contributed by atoms with Crippen LogP contribution in [0.3, 0.4) is 0 Å². The summed E-state index contributed by atoms with van der Waals surface area (Å²) in [4.78, 5) is 0. The van der Waals surface area contributed by atoms with Gasteiger partial charge in [0.1, 0.15) is 0 Å². The molecule has 0 aliphatic carbocycles. The molecule has 2 aromatic heterocycles. The standard InChI is InChI=1S/C13H20ClN5S/c1-9(20-4)7-12-8-18(17-15-12)5-6-19-11(3)13(14)10(2)16-19/h8-9H,5-7H2,1-4H3/t9-/m0/s1. The number of rotatable bonds is 6. The molecule has 0 fully saturated rings. The molecule has 110 valence electrons. The molecule has 0 unspecified atom stereocenters. The van der Waals surface area contributed by atoms with Gasteiger partial charge >= 0.3 is 0 Å². The second-order valence-corrected chi connectivity index (χ2v) is 6.59. The zero-order valence-electron chi connectivity index (χ0n) is 12.3. The summed E-state index contributed by atoms with van der Waals surface area (Å²) in [5, 5.41) is 14.1. The zero-order valence-corrected chi connectivity index (χ0v) is 13.9. The summed E-state index contributed by atoms with van der Waals surface area (Å²) in [5.74, 6) is 0. The zero-order chi connectivity index (χ0) is 14.7. The fraction of sp³-hybridized carbons (Fsp3) is 0.615. The van der Waals surface area contributed by atoms with Crippen molar-refractivity contribution in [3.63, 3.8) is 0 Å². The summed E-state index contributed by atoms with van der Waals surface area (Å²) in [7, 11) is 0. The van der Waals surface area contributed by atoms with E-state index in [-0.39, 0.29) is 0 Å². The number of thioether (sulfide) groups is 1. The van der Waals surface area contributed by atoms with Gasteiger partial charge < -0.3 is 0 Å². The Morgan fingerprint density at radius 3 is 2.70 bits per heavy atom. The van der Waals surface area contributed by atoms with Gasteiger partial charge in [-0.2, -0.15) is 16.9 Å². The van der Waals surface area contributed by atoms with Crippen molar-refractivity contribution in [3.05, 3.63) is 28.3 Å². The monoisotopic (exact) mass is 313 g/mol. The van der Waals surface area contributed by atoms with E-state index in [0.717, 1.165) is 41.6 Å². The second-order valence-electron chi connectivity index (χ2n) is 4.93. The molecule has 0 N–H and O–H groups in total. The molecule has 0 spiro atoms. The van der Waals surface area contributed by atoms with Crippen molar-refractivity contribution >= 4 is 23.4 Å². The van der Waals surface area contributed by atoms with E-state index in [1.54, 1.807) is 0 Å². The third kappa shape index (κ3) is 3.55. The largest absolute Gasteiger partial charge is 0.266 e. The molecule has 0 bridgehead atoms. The first kappa shape index (κ1) is 15.4. The Morgan fingerprint density at radius 2 is 2.10 bits per heavy atom. The number of aryl methyl sites for hydroxylation is 3. The molecule has 2 aromatic rings. The van der Waals surface area contributed by atoms with Crippen LogP contribution in [0.1, 0.15) is 24.0 Å². The van der Waals surface area contributed by atoms with Gasteiger partial charge in [0.05, 0.1) is 35.2 Å². The summed E-state index contributed by atoms with van der Waals surface area (Å²) in [6.45, 7) is 7.60. The van der Waals surface area contributed by atoms with Crippen molar-refractivity contribution < 1.29 is 0 Å². The van der Waals surface area contributed by atoms with Crippen LogP contribution in [0.2, 0.25) is 5.02 Å². The molecule has 0 saturated heterocycles. The van der Waals surface area contributed by atoms with Crippen molar-refractivity contribution in [1.82, 2.24) is 24.8 Å². The van der Waals surface area contributed by atoms with E-state index >= 15 is 0 Å². The normalized spacial score (nSPS) is 12.8. The Balaban J connectivity index is 1.95. The fourth-order valence-electron chi connectivity index (χ4n) is 2.01. The third-order valence-corrected chi connectivity index (χ3v) is 4.84. The molecular weight excluding hydrogens is 294 g/mol. The highest BCUT2D eigenvalue weighted by atomic mass is 35.5. The van der Waals surface area contributed by atoms with Gasteiger partial charge in [-0.25, -0.2) is 0 Å². The molecule has 7 heteroatoms. The first-order chi connectivity index (χ1) is 9.51. The lowest BCUT2D eigenvalue weighted by atomic mass is 10.3. The molecule has 0 saturated carbocycles. The summed E-state index contributed by atoms with van der Waals surface area (Å²) in [5.41, 5.74) is 2.91. The second kappa shape index (κ2) is 6.63. The van der Waals surface area contributed by atoms with Crippen LogP contribution in [0, 0.1) is 13.8 Å². The Kier molecular flexibility index (Phi) is 5.10. The minimum Gasteiger partial charge on any atom is -0.266 e. The first-order valence-electron chi connectivity index (χ1n) is 6.62. The van der Waals surface area contributed by atoms with E-state index in [9.17, 15) is 0 Å². The van der Waals surface area contributed by atoms with Gasteiger partial charge in [-0.15, -0.1) is 5.10 Å². The van der Waals surface area contributed by atoms with Crippen molar-refractivity contribution in [2.24, 2.45) is 0 Å². The molecule has 0 aliphatic rings. The lowest BCUT2D eigenvalue weighted by molar-refractivity contribution is 0.481. The average Bonchev–Trinajstić information content (AvgIpc) is 2.97. The molecule has 20 heavy (non-hydrogen) atoms. The number of nitrogens with zero attached hydrogens (tertiary/aromatic N) is 5. The number of hydrogen-bond acceptors (Lipinski definition) is 4. The molecule has 2 heterocycles. The highest BCUT2D eigenvalue weighted by Gasteiger charge is 2.10. The van der Waals surface area contributed by atoms with Crippen molar-refractivity contribution in [2.45, 2.75) is 45.5 Å². The Bertz CT molecular complexity index is 577. The molecule has 5 nitrogen and oxygen atoms in total. The Labute approximate surface area is 128 Å². The van der Waals surface area contributed by atoms with E-state index in [4.69, 9.17) is 11.6 Å².